The summed E-state index contributed by atoms with van der Waals surface area (Å²) in [5.74, 6) is -0.218. The summed E-state index contributed by atoms with van der Waals surface area (Å²) < 4.78 is 13.6. The molecule has 0 spiro atoms. The van der Waals surface area contributed by atoms with Crippen molar-refractivity contribution in [1.82, 2.24) is 10.2 Å². The minimum atomic E-state index is -0.218. The Bertz CT molecular complexity index is 724. The molecule has 0 atom stereocenters. The maximum absolute atomic E-state index is 13.6. The van der Waals surface area contributed by atoms with Gasteiger partial charge in [0.15, 0.2) is 0 Å². The van der Waals surface area contributed by atoms with Gasteiger partial charge in [0.1, 0.15) is 5.82 Å². The second-order valence-electron chi connectivity index (χ2n) is 6.57. The highest BCUT2D eigenvalue weighted by Crippen LogP contribution is 2.17. The summed E-state index contributed by atoms with van der Waals surface area (Å²) in [7, 11) is 0. The molecule has 2 aromatic rings. The van der Waals surface area contributed by atoms with Crippen LogP contribution in [0.15, 0.2) is 48.5 Å². The van der Waals surface area contributed by atoms with Gasteiger partial charge in [-0.15, -0.1) is 0 Å². The zero-order valence-corrected chi connectivity index (χ0v) is 15.2. The van der Waals surface area contributed by atoms with Crippen molar-refractivity contribution in [3.05, 3.63) is 65.5 Å². The van der Waals surface area contributed by atoms with Gasteiger partial charge in [-0.25, -0.2) is 9.18 Å². The molecule has 4 nitrogen and oxygen atoms in total. The third-order valence-electron chi connectivity index (χ3n) is 4.91. The molecule has 2 aromatic carbocycles. The van der Waals surface area contributed by atoms with Gasteiger partial charge in [0.05, 0.1) is 0 Å². The maximum atomic E-state index is 13.6. The van der Waals surface area contributed by atoms with Crippen molar-refractivity contribution in [2.75, 3.05) is 37.6 Å². The average Bonchev–Trinajstić information content (AvgIpc) is 2.69. The molecule has 3 rings (SSSR count). The molecule has 1 aliphatic rings. The predicted octanol–water partition coefficient (Wildman–Crippen LogP) is 3.46. The van der Waals surface area contributed by atoms with Crippen LogP contribution in [0, 0.1) is 5.82 Å². The molecule has 0 radical (unpaired) electrons. The third kappa shape index (κ3) is 4.54. The van der Waals surface area contributed by atoms with Gasteiger partial charge in [0, 0.05) is 38.4 Å². The highest BCUT2D eigenvalue weighted by Gasteiger charge is 2.21. The topological polar surface area (TPSA) is 35.6 Å². The number of hydrogen-bond acceptors (Lipinski definition) is 2. The number of rotatable bonds is 5. The molecular weight excluding hydrogens is 329 g/mol. The fourth-order valence-corrected chi connectivity index (χ4v) is 3.23. The second kappa shape index (κ2) is 8.70. The van der Waals surface area contributed by atoms with Crippen LogP contribution in [-0.2, 0) is 12.8 Å². The lowest BCUT2D eigenvalue weighted by Gasteiger charge is -2.36. The number of piperazine rings is 1. The highest BCUT2D eigenvalue weighted by molar-refractivity contribution is 5.74. The number of urea groups is 1. The van der Waals surface area contributed by atoms with Crippen LogP contribution >= 0.6 is 0 Å². The number of hydrogen-bond donors (Lipinski definition) is 1. The first-order chi connectivity index (χ1) is 12.7. The SMILES string of the molecule is CCc1ccc(N2CCN(C(=O)NCCc3ccccc3F)CC2)cc1. The molecule has 0 aliphatic carbocycles. The lowest BCUT2D eigenvalue weighted by atomic mass is 10.1. The van der Waals surface area contributed by atoms with Crippen LogP contribution in [0.1, 0.15) is 18.1 Å². The monoisotopic (exact) mass is 355 g/mol. The molecule has 0 bridgehead atoms. The Balaban J connectivity index is 1.43. The van der Waals surface area contributed by atoms with Gasteiger partial charge in [0.25, 0.3) is 0 Å². The van der Waals surface area contributed by atoms with Crippen LogP contribution in [0.2, 0.25) is 0 Å². The number of carbonyl (C=O) groups excluding carboxylic acids is 1. The van der Waals surface area contributed by atoms with Crippen LogP contribution in [0.5, 0.6) is 0 Å². The highest BCUT2D eigenvalue weighted by atomic mass is 19.1. The van der Waals surface area contributed by atoms with Gasteiger partial charge in [-0.05, 0) is 42.2 Å². The van der Waals surface area contributed by atoms with Crippen molar-refractivity contribution >= 4 is 11.7 Å². The van der Waals surface area contributed by atoms with Crippen LogP contribution in [0.3, 0.4) is 0 Å². The quantitative estimate of drug-likeness (QED) is 0.891. The Hall–Kier alpha value is -2.56. The number of benzene rings is 2. The Labute approximate surface area is 154 Å². The van der Waals surface area contributed by atoms with Crippen LogP contribution in [-0.4, -0.2) is 43.7 Å². The molecular formula is C21H26FN3O. The molecule has 0 saturated carbocycles. The van der Waals surface area contributed by atoms with E-state index in [-0.39, 0.29) is 11.8 Å². The Kier molecular flexibility index (Phi) is 6.10. The number of carbonyl (C=O) groups is 1. The van der Waals surface area contributed by atoms with Crippen molar-refractivity contribution in [1.29, 1.82) is 0 Å². The number of halogens is 1. The van der Waals surface area contributed by atoms with E-state index in [0.717, 1.165) is 19.5 Å². The molecule has 1 saturated heterocycles. The largest absolute Gasteiger partial charge is 0.368 e. The molecule has 1 N–H and O–H groups in total. The predicted molar refractivity (Wildman–Crippen MR) is 103 cm³/mol. The Morgan fingerprint density at radius 3 is 2.38 bits per heavy atom. The van der Waals surface area contributed by atoms with Gasteiger partial charge < -0.3 is 15.1 Å². The number of nitrogens with zero attached hydrogens (tertiary/aromatic N) is 2. The van der Waals surface area contributed by atoms with E-state index < -0.39 is 0 Å². The van der Waals surface area contributed by atoms with Crippen LogP contribution in [0.25, 0.3) is 0 Å². The number of anilines is 1. The Morgan fingerprint density at radius 2 is 1.73 bits per heavy atom. The molecule has 5 heteroatoms. The average molecular weight is 355 g/mol. The minimum Gasteiger partial charge on any atom is -0.368 e. The van der Waals surface area contributed by atoms with Gasteiger partial charge in [-0.2, -0.15) is 0 Å². The first-order valence-electron chi connectivity index (χ1n) is 9.27. The Morgan fingerprint density at radius 1 is 1.04 bits per heavy atom. The smallest absolute Gasteiger partial charge is 0.317 e. The first-order valence-corrected chi connectivity index (χ1v) is 9.27. The summed E-state index contributed by atoms with van der Waals surface area (Å²) in [6.45, 7) is 5.64. The number of nitrogens with one attached hydrogen (secondary N) is 1. The second-order valence-corrected chi connectivity index (χ2v) is 6.57. The van der Waals surface area contributed by atoms with Crippen molar-refractivity contribution in [3.63, 3.8) is 0 Å². The molecule has 0 unspecified atom stereocenters. The van der Waals surface area contributed by atoms with Crippen molar-refractivity contribution < 1.29 is 9.18 Å². The summed E-state index contributed by atoms with van der Waals surface area (Å²) in [4.78, 5) is 16.4. The van der Waals surface area contributed by atoms with E-state index >= 15 is 0 Å². The molecule has 0 aromatic heterocycles. The van der Waals surface area contributed by atoms with E-state index in [9.17, 15) is 9.18 Å². The summed E-state index contributed by atoms with van der Waals surface area (Å²) in [5.41, 5.74) is 3.18. The number of aryl methyl sites for hydroxylation is 1. The van der Waals surface area contributed by atoms with E-state index in [0.29, 0.717) is 31.6 Å². The van der Waals surface area contributed by atoms with Gasteiger partial charge in [-0.1, -0.05) is 37.3 Å². The van der Waals surface area contributed by atoms with E-state index in [1.165, 1.54) is 17.3 Å². The molecule has 138 valence electrons. The van der Waals surface area contributed by atoms with E-state index in [2.05, 4.69) is 41.4 Å². The molecule has 26 heavy (non-hydrogen) atoms. The fourth-order valence-electron chi connectivity index (χ4n) is 3.23. The third-order valence-corrected chi connectivity index (χ3v) is 4.91. The molecule has 1 fully saturated rings. The summed E-state index contributed by atoms with van der Waals surface area (Å²) in [6, 6.07) is 15.3. The maximum Gasteiger partial charge on any atom is 0.317 e. The fraction of sp³-hybridized carbons (Fsp3) is 0.381. The normalized spacial score (nSPS) is 14.4. The van der Waals surface area contributed by atoms with Gasteiger partial charge in [-0.3, -0.25) is 0 Å². The van der Waals surface area contributed by atoms with Crippen LogP contribution in [0.4, 0.5) is 14.9 Å². The first kappa shape index (κ1) is 18.2. The van der Waals surface area contributed by atoms with Gasteiger partial charge in [0.2, 0.25) is 0 Å². The van der Waals surface area contributed by atoms with E-state index in [4.69, 9.17) is 0 Å². The van der Waals surface area contributed by atoms with Crippen molar-refractivity contribution in [2.45, 2.75) is 19.8 Å². The van der Waals surface area contributed by atoms with Crippen molar-refractivity contribution in [3.8, 4) is 0 Å². The van der Waals surface area contributed by atoms with Crippen molar-refractivity contribution in [2.24, 2.45) is 0 Å². The van der Waals surface area contributed by atoms with E-state index in [1.54, 1.807) is 12.1 Å². The molecule has 2 amide bonds. The number of amides is 2. The molecule has 1 heterocycles. The summed E-state index contributed by atoms with van der Waals surface area (Å²) in [5, 5.41) is 2.90. The van der Waals surface area contributed by atoms with E-state index in [1.807, 2.05) is 11.0 Å². The zero-order valence-electron chi connectivity index (χ0n) is 15.2. The van der Waals surface area contributed by atoms with Gasteiger partial charge >= 0.3 is 6.03 Å². The lowest BCUT2D eigenvalue weighted by molar-refractivity contribution is 0.194. The summed E-state index contributed by atoms with van der Waals surface area (Å²) in [6.07, 6.45) is 1.54. The summed E-state index contributed by atoms with van der Waals surface area (Å²) >= 11 is 0. The molecule has 1 aliphatic heterocycles. The van der Waals surface area contributed by atoms with Crippen LogP contribution < -0.4 is 10.2 Å². The lowest BCUT2D eigenvalue weighted by Crippen LogP contribution is -2.52. The zero-order chi connectivity index (χ0) is 18.4. The standard InChI is InChI=1S/C21H26FN3O/c1-2-17-7-9-19(10-8-17)24-13-15-25(16-14-24)21(26)23-12-11-18-5-3-4-6-20(18)22/h3-10H,2,11-16H2,1H3,(H,23,26). The minimum absolute atomic E-state index is 0.0673.